The molecule has 0 saturated carbocycles. The number of benzene rings is 1. The van der Waals surface area contributed by atoms with E-state index in [0.29, 0.717) is 19.0 Å². The van der Waals surface area contributed by atoms with Crippen molar-refractivity contribution in [3.05, 3.63) is 47.3 Å². The number of fused-ring (bicyclic) bond motifs is 3. The summed E-state index contributed by atoms with van der Waals surface area (Å²) in [7, 11) is 0. The third-order valence-electron chi connectivity index (χ3n) is 5.74. The molecule has 5 rings (SSSR count). The number of aliphatic hydroxyl groups is 1. The van der Waals surface area contributed by atoms with Gasteiger partial charge in [0.15, 0.2) is 0 Å². The molecule has 6 heteroatoms. The highest BCUT2D eigenvalue weighted by Gasteiger charge is 2.21. The topological polar surface area (TPSA) is 77.1 Å². The van der Waals surface area contributed by atoms with Gasteiger partial charge in [-0.25, -0.2) is 4.98 Å². The molecule has 0 unspecified atom stereocenters. The summed E-state index contributed by atoms with van der Waals surface area (Å²) in [6.07, 6.45) is 7.25. The van der Waals surface area contributed by atoms with Crippen LogP contribution in [-0.2, 0) is 19.4 Å². The number of hydrogen-bond acceptors (Lipinski definition) is 5. The fourth-order valence-electron chi connectivity index (χ4n) is 4.30. The van der Waals surface area contributed by atoms with Gasteiger partial charge in [-0.3, -0.25) is 0 Å². The zero-order valence-corrected chi connectivity index (χ0v) is 15.4. The van der Waals surface area contributed by atoms with Crippen LogP contribution in [-0.4, -0.2) is 39.3 Å². The van der Waals surface area contributed by atoms with Crippen molar-refractivity contribution in [1.82, 2.24) is 15.0 Å². The summed E-state index contributed by atoms with van der Waals surface area (Å²) in [4.78, 5) is 14.7. The number of nitrogens with zero attached hydrogens (tertiary/aromatic N) is 3. The first-order chi connectivity index (χ1) is 13.3. The van der Waals surface area contributed by atoms with Gasteiger partial charge in [-0.2, -0.15) is 4.98 Å². The van der Waals surface area contributed by atoms with Crippen molar-refractivity contribution in [3.8, 4) is 0 Å². The van der Waals surface area contributed by atoms with Gasteiger partial charge in [0.2, 0.25) is 5.95 Å². The molecule has 3 aromatic rings. The summed E-state index contributed by atoms with van der Waals surface area (Å²) >= 11 is 0. The van der Waals surface area contributed by atoms with E-state index in [0.717, 1.165) is 18.8 Å². The molecule has 2 aromatic heterocycles. The molecule has 1 fully saturated rings. The van der Waals surface area contributed by atoms with Crippen LogP contribution < -0.4 is 10.2 Å². The Bertz CT molecular complexity index is 966. The number of nitrogens with one attached hydrogen (secondary N) is 2. The van der Waals surface area contributed by atoms with Crippen LogP contribution in [0, 0.1) is 0 Å². The van der Waals surface area contributed by atoms with Gasteiger partial charge in [-0.15, -0.1) is 0 Å². The smallest absolute Gasteiger partial charge is 0.224 e. The van der Waals surface area contributed by atoms with Crippen molar-refractivity contribution in [2.45, 2.75) is 44.8 Å². The van der Waals surface area contributed by atoms with Crippen LogP contribution in [0.15, 0.2) is 30.5 Å². The Hall–Kier alpha value is -2.60. The molecule has 0 bridgehead atoms. The van der Waals surface area contributed by atoms with Gasteiger partial charge in [0.25, 0.3) is 0 Å². The second-order valence-electron chi connectivity index (χ2n) is 7.65. The fraction of sp³-hybridized carbons (Fsp3) is 0.429. The second kappa shape index (κ2) is 6.85. The molecule has 0 spiro atoms. The van der Waals surface area contributed by atoms with Crippen LogP contribution in [0.2, 0.25) is 0 Å². The number of aliphatic hydroxyl groups excluding tert-OH is 1. The SMILES string of the molecule is O[C@H]1CCN(c2ccnc(NCc3ccc4[nH]c5c(c4c3)CCCC5)n2)C1. The number of aryl methyl sites for hydroxylation is 2. The molecule has 0 radical (unpaired) electrons. The zero-order chi connectivity index (χ0) is 18.2. The van der Waals surface area contributed by atoms with Crippen LogP contribution in [0.5, 0.6) is 0 Å². The Morgan fingerprint density at radius 3 is 3.04 bits per heavy atom. The number of anilines is 2. The molecular weight excluding hydrogens is 338 g/mol. The molecule has 1 saturated heterocycles. The number of hydrogen-bond donors (Lipinski definition) is 3. The van der Waals surface area contributed by atoms with E-state index >= 15 is 0 Å². The summed E-state index contributed by atoms with van der Waals surface area (Å²) in [6, 6.07) is 8.55. The molecule has 140 valence electrons. The zero-order valence-electron chi connectivity index (χ0n) is 15.4. The Kier molecular flexibility index (Phi) is 4.20. The molecule has 6 nitrogen and oxygen atoms in total. The van der Waals surface area contributed by atoms with Crippen molar-refractivity contribution in [1.29, 1.82) is 0 Å². The summed E-state index contributed by atoms with van der Waals surface area (Å²) in [5, 5.41) is 14.4. The summed E-state index contributed by atoms with van der Waals surface area (Å²) in [5.74, 6) is 1.50. The third-order valence-corrected chi connectivity index (χ3v) is 5.74. The van der Waals surface area contributed by atoms with Gasteiger partial charge < -0.3 is 20.3 Å². The quantitative estimate of drug-likeness (QED) is 0.664. The standard InChI is InChI=1S/C21H25N5O/c27-15-8-10-26(13-15)20-7-9-22-21(25-20)23-12-14-5-6-19-17(11-14)16-3-1-2-4-18(16)24-19/h5-7,9,11,15,24,27H,1-4,8,10,12-13H2,(H,22,23,25)/t15-/m0/s1. The lowest BCUT2D eigenvalue weighted by Gasteiger charge is -2.17. The van der Waals surface area contributed by atoms with E-state index in [9.17, 15) is 5.11 Å². The van der Waals surface area contributed by atoms with E-state index in [1.165, 1.54) is 53.4 Å². The van der Waals surface area contributed by atoms with E-state index in [2.05, 4.69) is 43.4 Å². The lowest BCUT2D eigenvalue weighted by atomic mass is 9.95. The number of rotatable bonds is 4. The minimum absolute atomic E-state index is 0.254. The first-order valence-electron chi connectivity index (χ1n) is 9.88. The van der Waals surface area contributed by atoms with Gasteiger partial charge in [-0.1, -0.05) is 6.07 Å². The van der Waals surface area contributed by atoms with Gasteiger partial charge >= 0.3 is 0 Å². The van der Waals surface area contributed by atoms with Crippen LogP contribution in [0.4, 0.5) is 11.8 Å². The van der Waals surface area contributed by atoms with Crippen LogP contribution in [0.1, 0.15) is 36.1 Å². The minimum Gasteiger partial charge on any atom is -0.391 e. The number of aromatic nitrogens is 3. The molecule has 1 atom stereocenters. The predicted molar refractivity (Wildman–Crippen MR) is 107 cm³/mol. The highest BCUT2D eigenvalue weighted by atomic mass is 16.3. The highest BCUT2D eigenvalue weighted by Crippen LogP contribution is 2.30. The molecular formula is C21H25N5O. The minimum atomic E-state index is -0.254. The van der Waals surface area contributed by atoms with Crippen molar-refractivity contribution in [2.75, 3.05) is 23.3 Å². The maximum Gasteiger partial charge on any atom is 0.224 e. The van der Waals surface area contributed by atoms with Gasteiger partial charge in [0, 0.05) is 42.4 Å². The van der Waals surface area contributed by atoms with E-state index in [1.807, 2.05) is 6.07 Å². The lowest BCUT2D eigenvalue weighted by molar-refractivity contribution is 0.198. The molecule has 1 aliphatic carbocycles. The Morgan fingerprint density at radius 2 is 2.15 bits per heavy atom. The van der Waals surface area contributed by atoms with E-state index in [4.69, 9.17) is 0 Å². The van der Waals surface area contributed by atoms with Crippen LogP contribution >= 0.6 is 0 Å². The normalized spacial score (nSPS) is 19.4. The average Bonchev–Trinajstić information content (AvgIpc) is 3.30. The number of β-amino-alcohol motifs (C(OH)–C–C–N with tert-alkyl or cyclic N) is 1. The van der Waals surface area contributed by atoms with Crippen molar-refractivity contribution >= 4 is 22.7 Å². The van der Waals surface area contributed by atoms with Crippen molar-refractivity contribution in [2.24, 2.45) is 0 Å². The number of H-pyrrole nitrogens is 1. The van der Waals surface area contributed by atoms with E-state index in [-0.39, 0.29) is 6.10 Å². The maximum atomic E-state index is 9.73. The molecule has 3 N–H and O–H groups in total. The van der Waals surface area contributed by atoms with E-state index < -0.39 is 0 Å². The average molecular weight is 363 g/mol. The third kappa shape index (κ3) is 3.25. The van der Waals surface area contributed by atoms with E-state index in [1.54, 1.807) is 6.20 Å². The predicted octanol–water partition coefficient (Wildman–Crippen LogP) is 3.02. The largest absolute Gasteiger partial charge is 0.391 e. The Balaban J connectivity index is 1.32. The second-order valence-corrected chi connectivity index (χ2v) is 7.65. The Labute approximate surface area is 158 Å². The van der Waals surface area contributed by atoms with Crippen molar-refractivity contribution < 1.29 is 5.11 Å². The van der Waals surface area contributed by atoms with Gasteiger partial charge in [-0.05, 0) is 61.4 Å². The highest BCUT2D eigenvalue weighted by molar-refractivity contribution is 5.85. The van der Waals surface area contributed by atoms with Crippen molar-refractivity contribution in [3.63, 3.8) is 0 Å². The summed E-state index contributed by atoms with van der Waals surface area (Å²) in [5.41, 5.74) is 5.41. The molecule has 27 heavy (non-hydrogen) atoms. The molecule has 1 aliphatic heterocycles. The molecule has 0 amide bonds. The summed E-state index contributed by atoms with van der Waals surface area (Å²) in [6.45, 7) is 2.18. The summed E-state index contributed by atoms with van der Waals surface area (Å²) < 4.78 is 0. The first kappa shape index (κ1) is 16.6. The van der Waals surface area contributed by atoms with Crippen LogP contribution in [0.3, 0.4) is 0 Å². The lowest BCUT2D eigenvalue weighted by Crippen LogP contribution is -2.22. The Morgan fingerprint density at radius 1 is 1.22 bits per heavy atom. The fourth-order valence-corrected chi connectivity index (χ4v) is 4.30. The molecule has 1 aromatic carbocycles. The van der Waals surface area contributed by atoms with Crippen LogP contribution in [0.25, 0.3) is 10.9 Å². The molecule has 3 heterocycles. The van der Waals surface area contributed by atoms with Gasteiger partial charge in [0.05, 0.1) is 6.10 Å². The first-order valence-corrected chi connectivity index (χ1v) is 9.88. The molecule has 2 aliphatic rings. The maximum absolute atomic E-state index is 9.73. The monoisotopic (exact) mass is 363 g/mol. The number of aromatic amines is 1. The van der Waals surface area contributed by atoms with Gasteiger partial charge in [0.1, 0.15) is 5.82 Å².